The minimum absolute atomic E-state index is 0. The molecule has 3 aromatic carbocycles. The van der Waals surface area contributed by atoms with E-state index in [1.165, 1.54) is 24.3 Å². The minimum atomic E-state index is -5.25. The summed E-state index contributed by atoms with van der Waals surface area (Å²) in [5.41, 5.74) is -1.46. The third-order valence-corrected chi connectivity index (χ3v) is 8.11. The van der Waals surface area contributed by atoms with Crippen molar-refractivity contribution in [1.82, 2.24) is 0 Å². The summed E-state index contributed by atoms with van der Waals surface area (Å²) in [6.45, 7) is 9.12. The van der Waals surface area contributed by atoms with Crippen LogP contribution < -0.4 is 74.9 Å². The summed E-state index contributed by atoms with van der Waals surface area (Å²) in [6, 6.07) is 8.63. The molecule has 42 heavy (non-hydrogen) atoms. The molecule has 0 bridgehead atoms. The molecule has 212 valence electrons. The Hall–Kier alpha value is -1.78. The van der Waals surface area contributed by atoms with Gasteiger partial charge >= 0.3 is 59.1 Å². The number of fused-ring (bicyclic) bond motifs is 2. The van der Waals surface area contributed by atoms with Crippen molar-refractivity contribution in [2.45, 2.75) is 55.9 Å². The summed E-state index contributed by atoms with van der Waals surface area (Å²) >= 11 is 0. The van der Waals surface area contributed by atoms with Crippen LogP contribution in [0.4, 0.5) is 17.1 Å². The number of nitrogens with one attached hydrogen (secondary N) is 2. The summed E-state index contributed by atoms with van der Waals surface area (Å²) in [5.74, 6) is -3.21. The van der Waals surface area contributed by atoms with Crippen molar-refractivity contribution in [2.24, 2.45) is 0 Å². The molecule has 0 unspecified atom stereocenters. The van der Waals surface area contributed by atoms with Crippen LogP contribution in [0.3, 0.4) is 0 Å². The van der Waals surface area contributed by atoms with Gasteiger partial charge in [-0.25, -0.2) is 8.42 Å². The Morgan fingerprint density at radius 2 is 1.33 bits per heavy atom. The van der Waals surface area contributed by atoms with Crippen LogP contribution in [-0.2, 0) is 25.7 Å². The molecule has 0 spiro atoms. The van der Waals surface area contributed by atoms with E-state index < -0.39 is 58.3 Å². The van der Waals surface area contributed by atoms with Gasteiger partial charge in [0.25, 0.3) is 10.1 Å². The van der Waals surface area contributed by atoms with Crippen molar-refractivity contribution in [1.29, 1.82) is 0 Å². The minimum Gasteiger partial charge on any atom is -0.871 e. The van der Waals surface area contributed by atoms with Crippen LogP contribution in [0.5, 0.6) is 5.75 Å². The van der Waals surface area contributed by atoms with Gasteiger partial charge in [0.2, 0.25) is 0 Å². The van der Waals surface area contributed by atoms with Crippen LogP contribution >= 0.6 is 0 Å². The Kier molecular flexibility index (Phi) is 11.0. The van der Waals surface area contributed by atoms with Crippen molar-refractivity contribution < 1.29 is 99.8 Å². The Morgan fingerprint density at radius 1 is 0.786 bits per heavy atom. The zero-order chi connectivity index (χ0) is 29.9. The monoisotopic (exact) mass is 632 g/mol. The molecule has 0 atom stereocenters. The van der Waals surface area contributed by atoms with Gasteiger partial charge in [0, 0.05) is 27.8 Å². The number of ketones is 2. The van der Waals surface area contributed by atoms with Crippen LogP contribution in [0, 0.1) is 0 Å². The Bertz CT molecular complexity index is 1820. The standard InChI is InChI=1S/C27H28N2O9S2.2Na/c1-13(2)28-17-9-10-18(29-16-8-6-14(27(3,4)5)12-20(16)40(36,37)38)23-22(17)24(30)15-7-11-19(39(33,34)35)25(31)21(15)26(23)32;;/h6-13,28-29,31H,1-5H3,(H,33,34,35)(H,36,37,38);;/q;2*+1/p-2. The molecule has 15 heteroatoms. The van der Waals surface area contributed by atoms with Crippen molar-refractivity contribution in [3.05, 3.63) is 70.3 Å². The third kappa shape index (κ3) is 6.96. The predicted molar refractivity (Wildman–Crippen MR) is 144 cm³/mol. The maximum absolute atomic E-state index is 13.8. The fourth-order valence-corrected chi connectivity index (χ4v) is 5.73. The first-order valence-corrected chi connectivity index (χ1v) is 14.9. The molecule has 0 aromatic heterocycles. The smallest absolute Gasteiger partial charge is 0.871 e. The Morgan fingerprint density at radius 3 is 1.86 bits per heavy atom. The Balaban J connectivity index is 0.00000308. The zero-order valence-electron chi connectivity index (χ0n) is 24.1. The average molecular weight is 633 g/mol. The maximum Gasteiger partial charge on any atom is 1.00 e. The molecule has 0 radical (unpaired) electrons. The maximum atomic E-state index is 13.8. The van der Waals surface area contributed by atoms with Gasteiger partial charge in [0.05, 0.1) is 22.5 Å². The predicted octanol–water partition coefficient (Wildman–Crippen LogP) is -2.44. The third-order valence-electron chi connectivity index (χ3n) is 6.36. The number of benzene rings is 3. The van der Waals surface area contributed by atoms with Crippen molar-refractivity contribution >= 4 is 48.9 Å². The molecule has 0 aliphatic heterocycles. The quantitative estimate of drug-likeness (QED) is 0.151. The van der Waals surface area contributed by atoms with E-state index >= 15 is 0 Å². The number of hydrogen-bond acceptors (Lipinski definition) is 10. The molecule has 11 nitrogen and oxygen atoms in total. The van der Waals surface area contributed by atoms with Crippen molar-refractivity contribution in [3.63, 3.8) is 0 Å². The van der Waals surface area contributed by atoms with E-state index in [1.807, 2.05) is 20.8 Å². The second kappa shape index (κ2) is 12.7. The van der Waals surface area contributed by atoms with E-state index in [1.54, 1.807) is 19.9 Å². The largest absolute Gasteiger partial charge is 1.00 e. The number of anilines is 3. The van der Waals surface area contributed by atoms with Crippen LogP contribution in [-0.4, -0.2) is 43.5 Å². The van der Waals surface area contributed by atoms with E-state index in [2.05, 4.69) is 10.6 Å². The van der Waals surface area contributed by atoms with Crippen molar-refractivity contribution in [2.75, 3.05) is 10.6 Å². The van der Waals surface area contributed by atoms with E-state index in [9.17, 15) is 40.6 Å². The molecule has 3 aromatic rings. The van der Waals surface area contributed by atoms with Crippen LogP contribution in [0.2, 0.25) is 0 Å². The van der Waals surface area contributed by atoms with Crippen LogP contribution in [0.15, 0.2) is 52.3 Å². The first-order chi connectivity index (χ1) is 18.3. The van der Waals surface area contributed by atoms with E-state index in [4.69, 9.17) is 0 Å². The SMILES string of the molecule is CC(C)Nc1ccc(Nc2ccc(C(C)(C)C)cc2S(=O)(=O)O)c2c1C(=O)c1ccc(S(=O)(=O)[O-])c([O-])c1C2=O.[Na+].[Na+]. The molecular formula is C27H26N2Na2O9S2. The molecule has 0 amide bonds. The van der Waals surface area contributed by atoms with Gasteiger partial charge in [-0.05, 0) is 61.2 Å². The van der Waals surface area contributed by atoms with Gasteiger partial charge in [-0.3, -0.25) is 14.1 Å². The summed E-state index contributed by atoms with van der Waals surface area (Å²) in [6.07, 6.45) is 0. The molecule has 0 fully saturated rings. The zero-order valence-corrected chi connectivity index (χ0v) is 29.8. The molecule has 3 N–H and O–H groups in total. The molecule has 4 rings (SSSR count). The number of carbonyl (C=O) groups excluding carboxylic acids is 2. The van der Waals surface area contributed by atoms with Gasteiger partial charge in [-0.1, -0.05) is 32.6 Å². The fraction of sp³-hybridized carbons (Fsp3) is 0.259. The van der Waals surface area contributed by atoms with E-state index in [0.29, 0.717) is 11.6 Å². The molecule has 0 saturated heterocycles. The summed E-state index contributed by atoms with van der Waals surface area (Å²) < 4.78 is 69.5. The first-order valence-electron chi connectivity index (χ1n) is 12.0. The van der Waals surface area contributed by atoms with Crippen molar-refractivity contribution in [3.8, 4) is 5.75 Å². The first kappa shape index (κ1) is 36.4. The van der Waals surface area contributed by atoms with Gasteiger partial charge in [-0.15, -0.1) is 0 Å². The number of hydrogen-bond donors (Lipinski definition) is 3. The number of rotatable bonds is 6. The fourth-order valence-electron chi connectivity index (χ4n) is 4.50. The van der Waals surface area contributed by atoms with Gasteiger partial charge in [0.1, 0.15) is 15.0 Å². The van der Waals surface area contributed by atoms with E-state index in [-0.39, 0.29) is 98.9 Å². The second-order valence-corrected chi connectivity index (χ2v) is 13.4. The Labute approximate surface area is 288 Å². The van der Waals surface area contributed by atoms with E-state index in [0.717, 1.165) is 6.07 Å². The topological polar surface area (TPSA) is 193 Å². The number of carbonyl (C=O) groups is 2. The molecule has 1 aliphatic rings. The molecule has 0 saturated carbocycles. The summed E-state index contributed by atoms with van der Waals surface area (Å²) in [5, 5.41) is 18.8. The molecule has 0 heterocycles. The summed E-state index contributed by atoms with van der Waals surface area (Å²) in [4.78, 5) is 25.8. The van der Waals surface area contributed by atoms with Crippen LogP contribution in [0.1, 0.15) is 72.0 Å². The average Bonchev–Trinajstić information content (AvgIpc) is 2.80. The normalized spacial score (nSPS) is 13.0. The summed E-state index contributed by atoms with van der Waals surface area (Å²) in [7, 11) is -10.0. The van der Waals surface area contributed by atoms with Crippen LogP contribution in [0.25, 0.3) is 0 Å². The van der Waals surface area contributed by atoms with Gasteiger partial charge in [-0.2, -0.15) is 8.42 Å². The molecule has 1 aliphatic carbocycles. The molecular weight excluding hydrogens is 606 g/mol. The second-order valence-electron chi connectivity index (χ2n) is 10.7. The van der Waals surface area contributed by atoms with Gasteiger partial charge in [0.15, 0.2) is 11.6 Å². The van der Waals surface area contributed by atoms with Gasteiger partial charge < -0.3 is 20.3 Å².